The van der Waals surface area contributed by atoms with Gasteiger partial charge in [0.05, 0.1) is 25.7 Å². The van der Waals surface area contributed by atoms with Crippen molar-refractivity contribution in [2.24, 2.45) is 5.92 Å². The van der Waals surface area contributed by atoms with Gasteiger partial charge in [-0.2, -0.15) is 0 Å². The Kier molecular flexibility index (Phi) is 5.39. The highest BCUT2D eigenvalue weighted by Crippen LogP contribution is 2.31. The maximum Gasteiger partial charge on any atom is 0.228 e. The number of para-hydroxylation sites is 1. The van der Waals surface area contributed by atoms with E-state index < -0.39 is 0 Å². The van der Waals surface area contributed by atoms with E-state index in [1.807, 2.05) is 36.2 Å². The molecule has 0 spiro atoms. The van der Waals surface area contributed by atoms with Crippen LogP contribution in [0.3, 0.4) is 0 Å². The number of rotatable bonds is 5. The van der Waals surface area contributed by atoms with Gasteiger partial charge in [-0.15, -0.1) is 0 Å². The van der Waals surface area contributed by atoms with Crippen molar-refractivity contribution in [3.63, 3.8) is 0 Å². The number of methoxy groups -OCH3 is 1. The number of nitrogens with zero attached hydrogens (tertiary/aromatic N) is 1. The van der Waals surface area contributed by atoms with Crippen LogP contribution in [0.2, 0.25) is 0 Å². The molecule has 1 aliphatic rings. The molecule has 2 aromatic carbocycles. The van der Waals surface area contributed by atoms with E-state index in [2.05, 4.69) is 31.2 Å². The minimum absolute atomic E-state index is 0.000281. The Morgan fingerprint density at radius 1 is 1.20 bits per heavy atom. The van der Waals surface area contributed by atoms with Crippen LogP contribution in [0.5, 0.6) is 5.75 Å². The van der Waals surface area contributed by atoms with Crippen molar-refractivity contribution in [1.29, 1.82) is 0 Å². The molecule has 0 aromatic heterocycles. The first-order valence-corrected chi connectivity index (χ1v) is 8.69. The summed E-state index contributed by atoms with van der Waals surface area (Å²) in [5.74, 6) is 1.02. The van der Waals surface area contributed by atoms with Crippen LogP contribution >= 0.6 is 0 Å². The molecule has 1 fully saturated rings. The van der Waals surface area contributed by atoms with Crippen molar-refractivity contribution in [2.75, 3.05) is 27.4 Å². The third-order valence-electron chi connectivity index (χ3n) is 5.02. The molecule has 1 saturated heterocycles. The maximum atomic E-state index is 12.6. The van der Waals surface area contributed by atoms with Gasteiger partial charge in [-0.1, -0.05) is 42.5 Å². The van der Waals surface area contributed by atoms with Crippen molar-refractivity contribution in [3.8, 4) is 16.9 Å². The number of ether oxygens (including phenoxy) is 2. The Morgan fingerprint density at radius 3 is 2.56 bits per heavy atom. The lowest BCUT2D eigenvalue weighted by atomic mass is 9.99. The molecule has 4 heteroatoms. The molecule has 1 heterocycles. The standard InChI is InChI=1S/C21H25NO3/c1-15(22(2)21(23)18-12-13-25-14-18)16-8-10-17(11-9-16)19-6-4-5-7-20(19)24-3/h4-11,15,18H,12-14H2,1-3H3/t15-,18-/m1/s1. The number of benzene rings is 2. The van der Waals surface area contributed by atoms with E-state index in [1.54, 1.807) is 7.11 Å². The predicted molar refractivity (Wildman–Crippen MR) is 98.5 cm³/mol. The molecule has 0 saturated carbocycles. The van der Waals surface area contributed by atoms with Gasteiger partial charge in [-0.3, -0.25) is 4.79 Å². The molecule has 0 aliphatic carbocycles. The van der Waals surface area contributed by atoms with E-state index in [-0.39, 0.29) is 17.9 Å². The van der Waals surface area contributed by atoms with Crippen molar-refractivity contribution >= 4 is 5.91 Å². The minimum Gasteiger partial charge on any atom is -0.496 e. The van der Waals surface area contributed by atoms with Gasteiger partial charge in [0.2, 0.25) is 5.91 Å². The average Bonchev–Trinajstić information content (AvgIpc) is 3.21. The number of hydrogen-bond donors (Lipinski definition) is 0. The molecule has 0 unspecified atom stereocenters. The maximum absolute atomic E-state index is 12.6. The number of carbonyl (C=O) groups excluding carboxylic acids is 1. The summed E-state index contributed by atoms with van der Waals surface area (Å²) in [6, 6.07) is 16.3. The Bertz CT molecular complexity index is 720. The SMILES string of the molecule is COc1ccccc1-c1ccc([C@@H](C)N(C)C(=O)[C@@H]2CCOC2)cc1. The van der Waals surface area contributed by atoms with Crippen LogP contribution in [0.1, 0.15) is 24.9 Å². The van der Waals surface area contributed by atoms with Gasteiger partial charge < -0.3 is 14.4 Å². The second-order valence-corrected chi connectivity index (χ2v) is 6.51. The highest BCUT2D eigenvalue weighted by molar-refractivity contribution is 5.79. The Balaban J connectivity index is 1.76. The summed E-state index contributed by atoms with van der Waals surface area (Å²) < 4.78 is 10.8. The van der Waals surface area contributed by atoms with Crippen LogP contribution in [-0.4, -0.2) is 38.2 Å². The molecule has 1 aliphatic heterocycles. The molecular formula is C21H25NO3. The van der Waals surface area contributed by atoms with Crippen LogP contribution in [0.4, 0.5) is 0 Å². The minimum atomic E-state index is 0.000281. The van der Waals surface area contributed by atoms with E-state index in [0.29, 0.717) is 13.2 Å². The molecule has 0 N–H and O–H groups in total. The van der Waals surface area contributed by atoms with Crippen LogP contribution < -0.4 is 4.74 Å². The zero-order valence-electron chi connectivity index (χ0n) is 15.1. The van der Waals surface area contributed by atoms with Crippen molar-refractivity contribution in [1.82, 2.24) is 4.90 Å². The fourth-order valence-electron chi connectivity index (χ4n) is 3.26. The molecule has 1 amide bonds. The first-order chi connectivity index (χ1) is 12.1. The largest absolute Gasteiger partial charge is 0.496 e. The molecule has 2 atom stereocenters. The van der Waals surface area contributed by atoms with E-state index in [9.17, 15) is 4.79 Å². The molecular weight excluding hydrogens is 314 g/mol. The lowest BCUT2D eigenvalue weighted by Gasteiger charge is -2.27. The van der Waals surface area contributed by atoms with E-state index in [0.717, 1.165) is 28.9 Å². The van der Waals surface area contributed by atoms with Gasteiger partial charge in [0.25, 0.3) is 0 Å². The fraction of sp³-hybridized carbons (Fsp3) is 0.381. The molecule has 4 nitrogen and oxygen atoms in total. The summed E-state index contributed by atoms with van der Waals surface area (Å²) in [6.45, 7) is 3.29. The average molecular weight is 339 g/mol. The number of amides is 1. The van der Waals surface area contributed by atoms with E-state index in [1.165, 1.54) is 0 Å². The fourth-order valence-corrected chi connectivity index (χ4v) is 3.26. The number of carbonyl (C=O) groups is 1. The van der Waals surface area contributed by atoms with Gasteiger partial charge in [-0.25, -0.2) is 0 Å². The normalized spacial score (nSPS) is 18.0. The quantitative estimate of drug-likeness (QED) is 0.829. The highest BCUT2D eigenvalue weighted by Gasteiger charge is 2.28. The monoisotopic (exact) mass is 339 g/mol. The first kappa shape index (κ1) is 17.5. The summed E-state index contributed by atoms with van der Waals surface area (Å²) in [5, 5.41) is 0. The molecule has 2 aromatic rings. The molecule has 132 valence electrons. The summed E-state index contributed by atoms with van der Waals surface area (Å²) >= 11 is 0. The highest BCUT2D eigenvalue weighted by atomic mass is 16.5. The Hall–Kier alpha value is -2.33. The van der Waals surface area contributed by atoms with Gasteiger partial charge in [-0.05, 0) is 30.5 Å². The predicted octanol–water partition coefficient (Wildman–Crippen LogP) is 3.92. The Labute approximate surface area is 149 Å². The van der Waals surface area contributed by atoms with Crippen LogP contribution in [0, 0.1) is 5.92 Å². The van der Waals surface area contributed by atoms with Crippen LogP contribution in [0.15, 0.2) is 48.5 Å². The summed E-state index contributed by atoms with van der Waals surface area (Å²) in [6.07, 6.45) is 0.822. The molecule has 3 rings (SSSR count). The Morgan fingerprint density at radius 2 is 1.92 bits per heavy atom. The topological polar surface area (TPSA) is 38.8 Å². The third kappa shape index (κ3) is 3.69. The third-order valence-corrected chi connectivity index (χ3v) is 5.02. The second-order valence-electron chi connectivity index (χ2n) is 6.51. The van der Waals surface area contributed by atoms with Gasteiger partial charge >= 0.3 is 0 Å². The number of hydrogen-bond acceptors (Lipinski definition) is 3. The summed E-state index contributed by atoms with van der Waals surface area (Å²) in [7, 11) is 3.56. The zero-order chi connectivity index (χ0) is 17.8. The van der Waals surface area contributed by atoms with Crippen molar-refractivity contribution in [3.05, 3.63) is 54.1 Å². The van der Waals surface area contributed by atoms with Gasteiger partial charge in [0.15, 0.2) is 0 Å². The molecule has 0 bridgehead atoms. The van der Waals surface area contributed by atoms with E-state index in [4.69, 9.17) is 9.47 Å². The van der Waals surface area contributed by atoms with Crippen molar-refractivity contribution < 1.29 is 14.3 Å². The van der Waals surface area contributed by atoms with Crippen LogP contribution in [0.25, 0.3) is 11.1 Å². The lowest BCUT2D eigenvalue weighted by molar-refractivity contribution is -0.136. The smallest absolute Gasteiger partial charge is 0.228 e. The lowest BCUT2D eigenvalue weighted by Crippen LogP contribution is -2.35. The summed E-state index contributed by atoms with van der Waals surface area (Å²) in [5.41, 5.74) is 3.29. The molecule has 0 radical (unpaired) electrons. The first-order valence-electron chi connectivity index (χ1n) is 8.69. The van der Waals surface area contributed by atoms with Gasteiger partial charge in [0.1, 0.15) is 5.75 Å². The van der Waals surface area contributed by atoms with Crippen molar-refractivity contribution in [2.45, 2.75) is 19.4 Å². The second kappa shape index (κ2) is 7.70. The molecule has 25 heavy (non-hydrogen) atoms. The van der Waals surface area contributed by atoms with E-state index >= 15 is 0 Å². The zero-order valence-corrected chi connectivity index (χ0v) is 15.1. The van der Waals surface area contributed by atoms with Gasteiger partial charge in [0, 0.05) is 19.2 Å². The van der Waals surface area contributed by atoms with Crippen LogP contribution in [-0.2, 0) is 9.53 Å². The summed E-state index contributed by atoms with van der Waals surface area (Å²) in [4.78, 5) is 14.4.